The van der Waals surface area contributed by atoms with E-state index in [0.29, 0.717) is 6.04 Å². The second kappa shape index (κ2) is 6.47. The Labute approximate surface area is 106 Å². The zero-order chi connectivity index (χ0) is 11.9. The number of hydrogen-bond donors (Lipinski definition) is 1. The number of hydrogen-bond acceptors (Lipinski definition) is 4. The van der Waals surface area contributed by atoms with E-state index >= 15 is 0 Å². The molecule has 2 aromatic rings. The van der Waals surface area contributed by atoms with Gasteiger partial charge in [0.25, 0.3) is 0 Å². The van der Waals surface area contributed by atoms with Crippen LogP contribution < -0.4 is 5.32 Å². The summed E-state index contributed by atoms with van der Waals surface area (Å²) in [6.45, 7) is 3.16. The van der Waals surface area contributed by atoms with Crippen molar-refractivity contribution >= 4 is 11.3 Å². The molecule has 1 unspecified atom stereocenters. The topological polar surface area (TPSA) is 37.8 Å². The zero-order valence-corrected chi connectivity index (χ0v) is 10.8. The van der Waals surface area contributed by atoms with Crippen molar-refractivity contribution < 1.29 is 0 Å². The molecular formula is C13H17N3S. The van der Waals surface area contributed by atoms with E-state index < -0.39 is 0 Å². The Kier molecular flexibility index (Phi) is 4.64. The van der Waals surface area contributed by atoms with Gasteiger partial charge in [-0.25, -0.2) is 4.98 Å². The molecule has 2 aromatic heterocycles. The van der Waals surface area contributed by atoms with Gasteiger partial charge in [0.05, 0.1) is 6.04 Å². The summed E-state index contributed by atoms with van der Waals surface area (Å²) in [5.41, 5.74) is 1.32. The molecule has 0 fully saturated rings. The number of pyridine rings is 1. The number of aromatic nitrogens is 2. The van der Waals surface area contributed by atoms with Crippen LogP contribution in [0.15, 0.2) is 36.1 Å². The maximum Gasteiger partial charge on any atom is 0.109 e. The maximum atomic E-state index is 4.36. The molecule has 0 radical (unpaired) electrons. The molecule has 2 rings (SSSR count). The van der Waals surface area contributed by atoms with Crippen molar-refractivity contribution in [3.63, 3.8) is 0 Å². The van der Waals surface area contributed by atoms with Gasteiger partial charge in [0.15, 0.2) is 0 Å². The largest absolute Gasteiger partial charge is 0.308 e. The quantitative estimate of drug-likeness (QED) is 0.853. The molecule has 0 saturated carbocycles. The van der Waals surface area contributed by atoms with Crippen molar-refractivity contribution in [3.05, 3.63) is 46.7 Å². The molecule has 0 aliphatic rings. The van der Waals surface area contributed by atoms with Crippen LogP contribution in [0.1, 0.15) is 30.0 Å². The third-order valence-electron chi connectivity index (χ3n) is 2.71. The molecule has 17 heavy (non-hydrogen) atoms. The van der Waals surface area contributed by atoms with Crippen LogP contribution in [0.5, 0.6) is 0 Å². The molecule has 1 atom stereocenters. The van der Waals surface area contributed by atoms with Gasteiger partial charge in [-0.15, -0.1) is 11.3 Å². The number of rotatable bonds is 6. The monoisotopic (exact) mass is 247 g/mol. The highest BCUT2D eigenvalue weighted by Gasteiger charge is 2.10. The summed E-state index contributed by atoms with van der Waals surface area (Å²) in [5, 5.41) is 6.76. The number of nitrogens with zero attached hydrogens (tertiary/aromatic N) is 2. The van der Waals surface area contributed by atoms with Gasteiger partial charge in [0, 0.05) is 24.0 Å². The average Bonchev–Trinajstić information content (AvgIpc) is 2.90. The molecule has 1 N–H and O–H groups in total. The zero-order valence-electron chi connectivity index (χ0n) is 9.97. The van der Waals surface area contributed by atoms with Gasteiger partial charge in [0.1, 0.15) is 5.01 Å². The lowest BCUT2D eigenvalue weighted by molar-refractivity contribution is 0.520. The summed E-state index contributed by atoms with van der Waals surface area (Å²) in [5.74, 6) is 0. The molecule has 4 heteroatoms. The van der Waals surface area contributed by atoms with Crippen molar-refractivity contribution in [1.82, 2.24) is 15.3 Å². The summed E-state index contributed by atoms with van der Waals surface area (Å²) in [6, 6.07) is 4.51. The highest BCUT2D eigenvalue weighted by molar-refractivity contribution is 7.09. The Morgan fingerprint density at radius 1 is 1.29 bits per heavy atom. The van der Waals surface area contributed by atoms with Crippen LogP contribution >= 0.6 is 11.3 Å². The third-order valence-corrected chi connectivity index (χ3v) is 3.60. The normalized spacial score (nSPS) is 12.5. The fraction of sp³-hybridized carbons (Fsp3) is 0.385. The van der Waals surface area contributed by atoms with E-state index in [2.05, 4.69) is 34.3 Å². The molecule has 0 aliphatic heterocycles. The van der Waals surface area contributed by atoms with E-state index in [9.17, 15) is 0 Å². The minimum absolute atomic E-state index is 0.386. The van der Waals surface area contributed by atoms with E-state index in [0.717, 1.165) is 19.4 Å². The second-order valence-electron chi connectivity index (χ2n) is 3.89. The molecule has 3 nitrogen and oxygen atoms in total. The standard InChI is InChI=1S/C13H17N3S/c1-2-12(13-16-9-10-17-13)15-8-5-11-3-6-14-7-4-11/h3-4,6-7,9-10,12,15H,2,5,8H2,1H3. The minimum atomic E-state index is 0.386. The van der Waals surface area contributed by atoms with Gasteiger partial charge in [-0.05, 0) is 37.1 Å². The third kappa shape index (κ3) is 3.61. The Bertz CT molecular complexity index is 413. The number of nitrogens with one attached hydrogen (secondary N) is 1. The molecule has 0 aliphatic carbocycles. The van der Waals surface area contributed by atoms with Gasteiger partial charge in [-0.3, -0.25) is 4.98 Å². The summed E-state index contributed by atoms with van der Waals surface area (Å²) in [7, 11) is 0. The SMILES string of the molecule is CCC(NCCc1ccncc1)c1nccs1. The lowest BCUT2D eigenvalue weighted by atomic mass is 10.2. The first-order valence-electron chi connectivity index (χ1n) is 5.92. The Balaban J connectivity index is 1.81. The van der Waals surface area contributed by atoms with Crippen LogP contribution in [-0.4, -0.2) is 16.5 Å². The van der Waals surface area contributed by atoms with Gasteiger partial charge in [-0.2, -0.15) is 0 Å². The first kappa shape index (κ1) is 12.2. The van der Waals surface area contributed by atoms with Crippen LogP contribution in [0.3, 0.4) is 0 Å². The van der Waals surface area contributed by atoms with E-state index in [4.69, 9.17) is 0 Å². The van der Waals surface area contributed by atoms with Gasteiger partial charge < -0.3 is 5.32 Å². The van der Waals surface area contributed by atoms with Crippen LogP contribution in [0.4, 0.5) is 0 Å². The van der Waals surface area contributed by atoms with Crippen molar-refractivity contribution in [2.75, 3.05) is 6.54 Å². The van der Waals surface area contributed by atoms with Gasteiger partial charge >= 0.3 is 0 Å². The van der Waals surface area contributed by atoms with Crippen LogP contribution in [-0.2, 0) is 6.42 Å². The molecule has 0 spiro atoms. The first-order chi connectivity index (χ1) is 8.40. The summed E-state index contributed by atoms with van der Waals surface area (Å²) < 4.78 is 0. The van der Waals surface area contributed by atoms with Gasteiger partial charge in [-0.1, -0.05) is 6.92 Å². The Morgan fingerprint density at radius 3 is 2.76 bits per heavy atom. The smallest absolute Gasteiger partial charge is 0.109 e. The molecule has 0 bridgehead atoms. The summed E-state index contributed by atoms with van der Waals surface area (Å²) >= 11 is 1.72. The lowest BCUT2D eigenvalue weighted by Gasteiger charge is -2.14. The molecular weight excluding hydrogens is 230 g/mol. The fourth-order valence-corrected chi connectivity index (χ4v) is 2.55. The van der Waals surface area contributed by atoms with E-state index in [1.807, 2.05) is 24.0 Å². The Morgan fingerprint density at radius 2 is 2.12 bits per heavy atom. The van der Waals surface area contributed by atoms with Crippen molar-refractivity contribution in [1.29, 1.82) is 0 Å². The first-order valence-corrected chi connectivity index (χ1v) is 6.79. The average molecular weight is 247 g/mol. The van der Waals surface area contributed by atoms with Crippen LogP contribution in [0, 0.1) is 0 Å². The number of thiazole rings is 1. The van der Waals surface area contributed by atoms with Gasteiger partial charge in [0.2, 0.25) is 0 Å². The molecule has 90 valence electrons. The molecule has 0 aromatic carbocycles. The second-order valence-corrected chi connectivity index (χ2v) is 4.82. The minimum Gasteiger partial charge on any atom is -0.308 e. The van der Waals surface area contributed by atoms with E-state index in [1.54, 1.807) is 11.3 Å². The summed E-state index contributed by atoms with van der Waals surface area (Å²) in [4.78, 5) is 8.38. The van der Waals surface area contributed by atoms with E-state index in [1.165, 1.54) is 10.6 Å². The Hall–Kier alpha value is -1.26. The lowest BCUT2D eigenvalue weighted by Crippen LogP contribution is -2.23. The van der Waals surface area contributed by atoms with Crippen molar-refractivity contribution in [3.8, 4) is 0 Å². The maximum absolute atomic E-state index is 4.36. The highest BCUT2D eigenvalue weighted by atomic mass is 32.1. The van der Waals surface area contributed by atoms with Crippen molar-refractivity contribution in [2.24, 2.45) is 0 Å². The molecule has 0 saturated heterocycles. The molecule has 2 heterocycles. The fourth-order valence-electron chi connectivity index (χ4n) is 1.75. The predicted octanol–water partition coefficient (Wildman–Crippen LogP) is 2.82. The van der Waals surface area contributed by atoms with Crippen LogP contribution in [0.25, 0.3) is 0 Å². The van der Waals surface area contributed by atoms with Crippen molar-refractivity contribution in [2.45, 2.75) is 25.8 Å². The van der Waals surface area contributed by atoms with E-state index in [-0.39, 0.29) is 0 Å². The highest BCUT2D eigenvalue weighted by Crippen LogP contribution is 2.18. The molecule has 0 amide bonds. The predicted molar refractivity (Wildman–Crippen MR) is 71.1 cm³/mol. The van der Waals surface area contributed by atoms with Crippen LogP contribution in [0.2, 0.25) is 0 Å². The summed E-state index contributed by atoms with van der Waals surface area (Å²) in [6.07, 6.45) is 7.66.